The summed E-state index contributed by atoms with van der Waals surface area (Å²) in [6, 6.07) is 3.32. The number of unbranched alkanes of at least 4 members (excludes halogenated alkanes) is 18. The maximum absolute atomic E-state index is 10.3. The molecule has 0 aliphatic carbocycles. The quantitative estimate of drug-likeness (QED) is 0.0486. The van der Waals surface area contributed by atoms with E-state index in [9.17, 15) is 4.79 Å². The minimum absolute atomic E-state index is 0.180. The molecule has 4 nitrogen and oxygen atoms in total. The zero-order chi connectivity index (χ0) is 32.9. The van der Waals surface area contributed by atoms with Crippen molar-refractivity contribution in [2.75, 3.05) is 0 Å². The lowest BCUT2D eigenvalue weighted by Gasteiger charge is -2.39. The average Bonchev–Trinajstić information content (AvgIpc) is 3.01. The Morgan fingerprint density at radius 2 is 0.977 bits per heavy atom. The molecule has 0 spiro atoms. The Bertz CT molecular complexity index is 784. The molecule has 0 saturated carbocycles. The van der Waals surface area contributed by atoms with Crippen LogP contribution in [0.1, 0.15) is 205 Å². The van der Waals surface area contributed by atoms with Gasteiger partial charge in [0, 0.05) is 0 Å². The van der Waals surface area contributed by atoms with Gasteiger partial charge in [-0.25, -0.2) is 4.79 Å². The van der Waals surface area contributed by atoms with Gasteiger partial charge in [-0.15, -0.1) is 9.24 Å². The second kappa shape index (κ2) is 29.1. The fourth-order valence-corrected chi connectivity index (χ4v) is 7.15. The summed E-state index contributed by atoms with van der Waals surface area (Å²) < 4.78 is 0. The van der Waals surface area contributed by atoms with Gasteiger partial charge in [0.25, 0.3) is 0 Å². The topological polar surface area (TPSA) is 77.8 Å². The number of carbonyl (C=O) groups is 1. The average molecular weight is 637 g/mol. The van der Waals surface area contributed by atoms with Gasteiger partial charge >= 0.3 is 5.97 Å². The van der Waals surface area contributed by atoms with Crippen molar-refractivity contribution >= 4 is 15.2 Å². The van der Waals surface area contributed by atoms with E-state index in [-0.39, 0.29) is 17.1 Å². The van der Waals surface area contributed by atoms with E-state index in [1.807, 2.05) is 0 Å². The van der Waals surface area contributed by atoms with Gasteiger partial charge in [0.1, 0.15) is 17.1 Å². The van der Waals surface area contributed by atoms with Crippen LogP contribution in [-0.2, 0) is 0 Å². The third-order valence-electron chi connectivity index (χ3n) is 9.33. The minimum atomic E-state index is -1.27. The molecule has 2 atom stereocenters. The van der Waals surface area contributed by atoms with E-state index in [4.69, 9.17) is 15.3 Å². The van der Waals surface area contributed by atoms with Gasteiger partial charge in [-0.3, -0.25) is 0 Å². The molecule has 44 heavy (non-hydrogen) atoms. The molecule has 0 amide bonds. The molecule has 1 rings (SSSR count). The molecule has 1 aromatic rings. The van der Waals surface area contributed by atoms with Crippen molar-refractivity contribution in [3.63, 3.8) is 0 Å². The van der Waals surface area contributed by atoms with E-state index < -0.39 is 5.97 Å². The highest BCUT2D eigenvalue weighted by Gasteiger charge is 2.32. The molecule has 1 aromatic carbocycles. The van der Waals surface area contributed by atoms with Gasteiger partial charge in [-0.05, 0) is 55.0 Å². The van der Waals surface area contributed by atoms with Crippen LogP contribution in [0, 0.1) is 5.92 Å². The summed E-state index contributed by atoms with van der Waals surface area (Å²) in [7, 11) is 3.49. The van der Waals surface area contributed by atoms with Crippen molar-refractivity contribution in [2.45, 2.75) is 200 Å². The molecule has 0 radical (unpaired) electrons. The summed E-state index contributed by atoms with van der Waals surface area (Å²) in [5, 5.41) is 26.7. The van der Waals surface area contributed by atoms with Crippen LogP contribution in [-0.4, -0.2) is 26.4 Å². The number of aromatic hydroxyl groups is 2. The number of carboxylic acid groups (broad SMARTS) is 1. The second-order valence-electron chi connectivity index (χ2n) is 13.4. The molecule has 0 aliphatic rings. The molecule has 258 valence electrons. The monoisotopic (exact) mass is 637 g/mol. The summed E-state index contributed by atoms with van der Waals surface area (Å²) in [6.45, 7) is 9.36. The van der Waals surface area contributed by atoms with Crippen molar-refractivity contribution in [2.24, 2.45) is 5.92 Å². The number of phenols is 2. The van der Waals surface area contributed by atoms with E-state index in [2.05, 4.69) is 36.9 Å². The third kappa shape index (κ3) is 22.3. The smallest absolute Gasteiger partial charge is 0.339 e. The van der Waals surface area contributed by atoms with Gasteiger partial charge in [0.15, 0.2) is 0 Å². The van der Waals surface area contributed by atoms with Crippen LogP contribution in [0.4, 0.5) is 0 Å². The second-order valence-corrected chi connectivity index (χ2v) is 14.5. The number of carboxylic acids is 1. The number of benzene rings is 1. The Hall–Kier alpha value is -1.28. The largest absolute Gasteiger partial charge is 0.508 e. The Balaban J connectivity index is 0.00000139. The lowest BCUT2D eigenvalue weighted by molar-refractivity contribution is 0.0693. The highest BCUT2D eigenvalue weighted by molar-refractivity contribution is 7.19. The molecular weight excluding hydrogens is 563 g/mol. The van der Waals surface area contributed by atoms with E-state index >= 15 is 0 Å². The third-order valence-corrected chi connectivity index (χ3v) is 10.4. The Kier molecular flexibility index (Phi) is 28.3. The zero-order valence-electron chi connectivity index (χ0n) is 29.5. The van der Waals surface area contributed by atoms with Crippen LogP contribution in [0.15, 0.2) is 18.2 Å². The van der Waals surface area contributed by atoms with E-state index in [1.54, 1.807) is 0 Å². The van der Waals surface area contributed by atoms with Crippen LogP contribution < -0.4 is 0 Å². The number of hydrogen-bond donors (Lipinski definition) is 3. The number of rotatable bonds is 28. The minimum Gasteiger partial charge on any atom is -0.508 e. The van der Waals surface area contributed by atoms with E-state index in [1.165, 1.54) is 173 Å². The molecule has 2 unspecified atom stereocenters. The molecule has 0 bridgehead atoms. The maximum atomic E-state index is 10.3. The summed E-state index contributed by atoms with van der Waals surface area (Å²) >= 11 is 0. The van der Waals surface area contributed by atoms with Crippen molar-refractivity contribution in [1.29, 1.82) is 0 Å². The first kappa shape index (κ1) is 42.7. The van der Waals surface area contributed by atoms with Crippen molar-refractivity contribution < 1.29 is 20.1 Å². The van der Waals surface area contributed by atoms with E-state index in [0.29, 0.717) is 5.16 Å². The fraction of sp³-hybridized carbons (Fsp3) is 0.821. The van der Waals surface area contributed by atoms with E-state index in [0.717, 1.165) is 18.1 Å². The summed E-state index contributed by atoms with van der Waals surface area (Å²) in [5.41, 5.74) is -0.301. The first-order chi connectivity index (χ1) is 21.2. The number of hydrogen-bond acceptors (Lipinski definition) is 3. The Morgan fingerprint density at radius 1 is 0.614 bits per heavy atom. The molecular formula is C39H73O4P. The van der Waals surface area contributed by atoms with Crippen molar-refractivity contribution in [3.8, 4) is 11.5 Å². The first-order valence-corrected chi connectivity index (χ1v) is 19.4. The summed E-state index contributed by atoms with van der Waals surface area (Å²) in [6.07, 6.45) is 37.6. The predicted molar refractivity (Wildman–Crippen MR) is 195 cm³/mol. The molecule has 3 N–H and O–H groups in total. The fourth-order valence-electron chi connectivity index (χ4n) is 6.41. The van der Waals surface area contributed by atoms with Crippen LogP contribution in [0.25, 0.3) is 0 Å². The number of phenolic OH excluding ortho intramolecular Hbond substituents is 1. The highest BCUT2D eigenvalue weighted by atomic mass is 31.0. The van der Waals surface area contributed by atoms with Crippen LogP contribution in [0.5, 0.6) is 11.5 Å². The van der Waals surface area contributed by atoms with Crippen LogP contribution in [0.2, 0.25) is 0 Å². The maximum Gasteiger partial charge on any atom is 0.339 e. The lowest BCUT2D eigenvalue weighted by Crippen LogP contribution is -2.32. The molecule has 0 fully saturated rings. The summed E-state index contributed by atoms with van der Waals surface area (Å²) in [4.78, 5) is 10.3. The normalized spacial score (nSPS) is 12.1. The predicted octanol–water partition coefficient (Wildman–Crippen LogP) is 13.2. The summed E-state index contributed by atoms with van der Waals surface area (Å²) in [5.74, 6) is -0.856. The van der Waals surface area contributed by atoms with Crippen molar-refractivity contribution in [1.82, 2.24) is 0 Å². The Labute approximate surface area is 275 Å². The van der Waals surface area contributed by atoms with Crippen molar-refractivity contribution in [3.05, 3.63) is 23.8 Å². The molecule has 0 saturated heterocycles. The standard InChI is InChI=1S/C32H67P.C7H6O4/c1-5-9-13-17-18-19-20-21-22-24-28-31(27-23-14-10-6-2)32(33,29-25-15-11-7-3)30-26-16-12-8-4;8-4-1-2-6(9)5(3-4)7(10)11/h31H,5-30,33H2,1-4H3;1-3,8-9H,(H,10,11). The van der Waals surface area contributed by atoms with Gasteiger partial charge in [0.05, 0.1) is 0 Å². The Morgan fingerprint density at radius 3 is 1.36 bits per heavy atom. The lowest BCUT2D eigenvalue weighted by atomic mass is 9.77. The zero-order valence-corrected chi connectivity index (χ0v) is 30.7. The number of aromatic carboxylic acids is 1. The van der Waals surface area contributed by atoms with Crippen LogP contribution in [0.3, 0.4) is 0 Å². The molecule has 0 aliphatic heterocycles. The van der Waals surface area contributed by atoms with Crippen LogP contribution >= 0.6 is 9.24 Å². The van der Waals surface area contributed by atoms with Gasteiger partial charge in [-0.1, -0.05) is 169 Å². The SMILES string of the molecule is CCCCCCCCCCCCC(CCCCCC)C(P)(CCCCCC)CCCCCC.O=C(O)c1cc(O)ccc1O. The molecule has 5 heteroatoms. The van der Waals surface area contributed by atoms with Gasteiger partial charge in [-0.2, -0.15) is 0 Å². The first-order valence-electron chi connectivity index (χ1n) is 18.8. The highest BCUT2D eigenvalue weighted by Crippen LogP contribution is 2.44. The van der Waals surface area contributed by atoms with Gasteiger partial charge < -0.3 is 15.3 Å². The molecule has 0 heterocycles. The molecule has 0 aromatic heterocycles. The van der Waals surface area contributed by atoms with Gasteiger partial charge in [0.2, 0.25) is 0 Å².